The molecular formula is C11H13NO3S. The molecule has 3 N–H and O–H groups in total. The molecule has 86 valence electrons. The zero-order valence-corrected chi connectivity index (χ0v) is 9.50. The summed E-state index contributed by atoms with van der Waals surface area (Å²) in [5, 5.41) is 9.02. The Morgan fingerprint density at radius 1 is 1.56 bits per heavy atom. The minimum Gasteiger partial charge on any atom is -0.486 e. The molecule has 1 aliphatic rings. The van der Waals surface area contributed by atoms with E-state index in [9.17, 15) is 4.79 Å². The van der Waals surface area contributed by atoms with Crippen LogP contribution in [0.25, 0.3) is 0 Å². The first kappa shape index (κ1) is 11.1. The van der Waals surface area contributed by atoms with E-state index in [0.29, 0.717) is 11.4 Å². The Morgan fingerprint density at radius 3 is 3.00 bits per heavy atom. The third kappa shape index (κ3) is 2.24. The van der Waals surface area contributed by atoms with Crippen LogP contribution in [-0.2, 0) is 0 Å². The monoisotopic (exact) mass is 239 g/mol. The predicted molar refractivity (Wildman–Crippen MR) is 64.2 cm³/mol. The molecule has 5 heteroatoms. The number of hydrogen-bond acceptors (Lipinski definition) is 4. The van der Waals surface area contributed by atoms with Gasteiger partial charge in [-0.3, -0.25) is 0 Å². The molecule has 1 heterocycles. The lowest BCUT2D eigenvalue weighted by Gasteiger charge is -2.16. The molecule has 1 aromatic rings. The van der Waals surface area contributed by atoms with Gasteiger partial charge in [0.15, 0.2) is 5.75 Å². The van der Waals surface area contributed by atoms with Gasteiger partial charge in [-0.25, -0.2) is 4.79 Å². The molecule has 0 radical (unpaired) electrons. The normalized spacial score (nSPS) is 19.6. The second kappa shape index (κ2) is 4.65. The maximum absolute atomic E-state index is 11.0. The number of para-hydroxylation sites is 1. The lowest BCUT2D eigenvalue weighted by Crippen LogP contribution is -2.17. The van der Waals surface area contributed by atoms with Gasteiger partial charge >= 0.3 is 5.97 Å². The number of thioether (sulfide) groups is 1. The number of nitrogen functional groups attached to an aromatic ring is 1. The summed E-state index contributed by atoms with van der Waals surface area (Å²) in [6, 6.07) is 4.79. The largest absolute Gasteiger partial charge is 0.486 e. The van der Waals surface area contributed by atoms with Gasteiger partial charge < -0.3 is 15.6 Å². The molecule has 0 spiro atoms. The Bertz CT molecular complexity index is 402. The van der Waals surface area contributed by atoms with Gasteiger partial charge in [0, 0.05) is 5.75 Å². The topological polar surface area (TPSA) is 72.6 Å². The highest BCUT2D eigenvalue weighted by Gasteiger charge is 2.21. The zero-order chi connectivity index (χ0) is 11.5. The van der Waals surface area contributed by atoms with E-state index in [-0.39, 0.29) is 11.7 Å². The van der Waals surface area contributed by atoms with Crippen LogP contribution in [0.3, 0.4) is 0 Å². The van der Waals surface area contributed by atoms with Crippen LogP contribution in [-0.4, -0.2) is 28.7 Å². The van der Waals surface area contributed by atoms with Crippen molar-refractivity contribution in [1.29, 1.82) is 0 Å². The van der Waals surface area contributed by atoms with Crippen LogP contribution in [0.1, 0.15) is 16.8 Å². The molecule has 0 bridgehead atoms. The van der Waals surface area contributed by atoms with Crippen LogP contribution in [0, 0.1) is 0 Å². The van der Waals surface area contributed by atoms with Gasteiger partial charge in [0.2, 0.25) is 0 Å². The summed E-state index contributed by atoms with van der Waals surface area (Å²) in [7, 11) is 0. The van der Waals surface area contributed by atoms with E-state index in [1.807, 2.05) is 11.8 Å². The molecule has 16 heavy (non-hydrogen) atoms. The average molecular weight is 239 g/mol. The SMILES string of the molecule is Nc1cccc(C(=O)O)c1OC1CCSC1. The van der Waals surface area contributed by atoms with E-state index < -0.39 is 5.97 Å². The number of carboxylic acids is 1. The van der Waals surface area contributed by atoms with Crippen molar-refractivity contribution in [2.75, 3.05) is 17.2 Å². The Morgan fingerprint density at radius 2 is 2.38 bits per heavy atom. The lowest BCUT2D eigenvalue weighted by molar-refractivity contribution is 0.0690. The number of hydrogen-bond donors (Lipinski definition) is 2. The smallest absolute Gasteiger partial charge is 0.339 e. The number of aromatic carboxylic acids is 1. The van der Waals surface area contributed by atoms with Crippen molar-refractivity contribution in [1.82, 2.24) is 0 Å². The van der Waals surface area contributed by atoms with Crippen molar-refractivity contribution in [3.63, 3.8) is 0 Å². The zero-order valence-electron chi connectivity index (χ0n) is 8.68. The summed E-state index contributed by atoms with van der Waals surface area (Å²) in [6.45, 7) is 0. The Kier molecular flexibility index (Phi) is 3.24. The fourth-order valence-corrected chi connectivity index (χ4v) is 2.72. The molecule has 1 aliphatic heterocycles. The Balaban J connectivity index is 2.26. The second-order valence-electron chi connectivity index (χ2n) is 3.63. The van der Waals surface area contributed by atoms with Crippen molar-refractivity contribution in [3.8, 4) is 5.75 Å². The summed E-state index contributed by atoms with van der Waals surface area (Å²) < 4.78 is 5.67. The standard InChI is InChI=1S/C11H13NO3S/c12-9-3-1-2-8(11(13)14)10(9)15-7-4-5-16-6-7/h1-3,7H,4-6,12H2,(H,13,14). The summed E-state index contributed by atoms with van der Waals surface area (Å²) in [6.07, 6.45) is 1.02. The number of carboxylic acid groups (broad SMARTS) is 1. The highest BCUT2D eigenvalue weighted by molar-refractivity contribution is 7.99. The van der Waals surface area contributed by atoms with Crippen molar-refractivity contribution < 1.29 is 14.6 Å². The molecule has 2 rings (SSSR count). The van der Waals surface area contributed by atoms with Crippen LogP contribution in [0.15, 0.2) is 18.2 Å². The molecular weight excluding hydrogens is 226 g/mol. The molecule has 1 atom stereocenters. The quantitative estimate of drug-likeness (QED) is 0.787. The highest BCUT2D eigenvalue weighted by Crippen LogP contribution is 2.30. The molecule has 0 aromatic heterocycles. The van der Waals surface area contributed by atoms with Gasteiger partial charge in [-0.1, -0.05) is 6.07 Å². The van der Waals surface area contributed by atoms with Crippen LogP contribution >= 0.6 is 11.8 Å². The van der Waals surface area contributed by atoms with Crippen LogP contribution in [0.4, 0.5) is 5.69 Å². The summed E-state index contributed by atoms with van der Waals surface area (Å²) in [4.78, 5) is 11.0. The van der Waals surface area contributed by atoms with E-state index in [1.165, 1.54) is 6.07 Å². The highest BCUT2D eigenvalue weighted by atomic mass is 32.2. The van der Waals surface area contributed by atoms with Gasteiger partial charge in [0.1, 0.15) is 11.7 Å². The van der Waals surface area contributed by atoms with Crippen LogP contribution < -0.4 is 10.5 Å². The van der Waals surface area contributed by atoms with Crippen molar-refractivity contribution in [3.05, 3.63) is 23.8 Å². The first-order chi connectivity index (χ1) is 7.68. The van der Waals surface area contributed by atoms with E-state index in [1.54, 1.807) is 12.1 Å². The van der Waals surface area contributed by atoms with Gasteiger partial charge in [-0.05, 0) is 24.3 Å². The summed E-state index contributed by atoms with van der Waals surface area (Å²) in [5.74, 6) is 1.25. The summed E-state index contributed by atoms with van der Waals surface area (Å²) >= 11 is 1.81. The number of carbonyl (C=O) groups is 1. The van der Waals surface area contributed by atoms with E-state index in [2.05, 4.69) is 0 Å². The fraction of sp³-hybridized carbons (Fsp3) is 0.364. The number of rotatable bonds is 3. The Labute approximate surface area is 97.8 Å². The Hall–Kier alpha value is -1.36. The van der Waals surface area contributed by atoms with Gasteiger partial charge in [0.05, 0.1) is 5.69 Å². The van der Waals surface area contributed by atoms with Gasteiger partial charge in [0.25, 0.3) is 0 Å². The molecule has 0 aliphatic carbocycles. The third-order valence-electron chi connectivity index (χ3n) is 2.45. The predicted octanol–water partition coefficient (Wildman–Crippen LogP) is 1.85. The third-order valence-corrected chi connectivity index (χ3v) is 3.58. The van der Waals surface area contributed by atoms with E-state index in [4.69, 9.17) is 15.6 Å². The number of benzene rings is 1. The number of ether oxygens (including phenoxy) is 1. The van der Waals surface area contributed by atoms with Crippen molar-refractivity contribution in [2.24, 2.45) is 0 Å². The minimum absolute atomic E-state index is 0.0767. The maximum atomic E-state index is 11.0. The molecule has 1 aromatic carbocycles. The number of nitrogens with two attached hydrogens (primary N) is 1. The first-order valence-electron chi connectivity index (χ1n) is 5.04. The van der Waals surface area contributed by atoms with Gasteiger partial charge in [-0.2, -0.15) is 11.8 Å². The van der Waals surface area contributed by atoms with Gasteiger partial charge in [-0.15, -0.1) is 0 Å². The number of anilines is 1. The van der Waals surface area contributed by atoms with Crippen LogP contribution in [0.5, 0.6) is 5.75 Å². The molecule has 1 fully saturated rings. The first-order valence-corrected chi connectivity index (χ1v) is 6.20. The average Bonchev–Trinajstić information content (AvgIpc) is 2.73. The molecule has 0 saturated carbocycles. The van der Waals surface area contributed by atoms with Crippen molar-refractivity contribution in [2.45, 2.75) is 12.5 Å². The minimum atomic E-state index is -1.01. The molecule has 0 amide bonds. The summed E-state index contributed by atoms with van der Waals surface area (Å²) in [5.41, 5.74) is 6.26. The molecule has 1 saturated heterocycles. The molecule has 4 nitrogen and oxygen atoms in total. The molecule has 1 unspecified atom stereocenters. The van der Waals surface area contributed by atoms with Crippen LogP contribution in [0.2, 0.25) is 0 Å². The fourth-order valence-electron chi connectivity index (χ4n) is 1.63. The second-order valence-corrected chi connectivity index (χ2v) is 4.78. The van der Waals surface area contributed by atoms with E-state index >= 15 is 0 Å². The van der Waals surface area contributed by atoms with E-state index in [0.717, 1.165) is 17.9 Å². The maximum Gasteiger partial charge on any atom is 0.339 e. The van der Waals surface area contributed by atoms with Crippen molar-refractivity contribution >= 4 is 23.4 Å². The lowest BCUT2D eigenvalue weighted by atomic mass is 10.1.